The summed E-state index contributed by atoms with van der Waals surface area (Å²) in [6.07, 6.45) is 5.08. The average molecular weight is 416 g/mol. The fraction of sp³-hybridized carbons (Fsp3) is 0.286. The Morgan fingerprint density at radius 3 is 2.96 bits per heavy atom. The number of carbonyl (C=O) groups excluding carboxylic acids is 1. The van der Waals surface area contributed by atoms with Crippen LogP contribution in [0, 0.1) is 0 Å². The molecule has 0 atom stereocenters. The van der Waals surface area contributed by atoms with Gasteiger partial charge in [-0.2, -0.15) is 0 Å². The normalized spacial score (nSPS) is 19.0. The number of hydrogen-bond acceptors (Lipinski definition) is 5. The van der Waals surface area contributed by atoms with Gasteiger partial charge in [0, 0.05) is 24.7 Å². The van der Waals surface area contributed by atoms with Crippen molar-refractivity contribution in [1.82, 2.24) is 9.80 Å². The first kappa shape index (κ1) is 16.4. The zero-order valence-electron chi connectivity index (χ0n) is 12.3. The van der Waals surface area contributed by atoms with Crippen LogP contribution in [-0.4, -0.2) is 49.3 Å². The molecule has 9 heteroatoms. The molecule has 0 saturated heterocycles. The predicted molar refractivity (Wildman–Crippen MR) is 93.6 cm³/mol. The molecular weight excluding hydrogens is 402 g/mol. The van der Waals surface area contributed by atoms with E-state index in [1.165, 1.54) is 0 Å². The number of amidine groups is 1. The van der Waals surface area contributed by atoms with Crippen molar-refractivity contribution in [2.24, 2.45) is 4.40 Å². The van der Waals surface area contributed by atoms with Crippen molar-refractivity contribution >= 4 is 49.0 Å². The lowest BCUT2D eigenvalue weighted by molar-refractivity contribution is -0.125. The first-order valence-corrected chi connectivity index (χ1v) is 10.1. The molecule has 0 radical (unpaired) electrons. The molecule has 0 unspecified atom stereocenters. The van der Waals surface area contributed by atoms with Crippen LogP contribution >= 0.6 is 27.3 Å². The molecule has 2 aliphatic rings. The summed E-state index contributed by atoms with van der Waals surface area (Å²) in [7, 11) is -1.81. The number of likely N-dealkylation sites (N-methyl/N-ethyl adjacent to an activating group) is 1. The first-order chi connectivity index (χ1) is 10.9. The van der Waals surface area contributed by atoms with Gasteiger partial charge in [0.2, 0.25) is 0 Å². The van der Waals surface area contributed by atoms with Gasteiger partial charge < -0.3 is 9.80 Å². The summed E-state index contributed by atoms with van der Waals surface area (Å²) in [6.45, 7) is 0.764. The molecule has 3 heterocycles. The van der Waals surface area contributed by atoms with Gasteiger partial charge in [-0.3, -0.25) is 4.79 Å². The van der Waals surface area contributed by atoms with Crippen molar-refractivity contribution in [3.8, 4) is 0 Å². The lowest BCUT2D eigenvalue weighted by Crippen LogP contribution is -2.42. The fourth-order valence-corrected chi connectivity index (χ4v) is 4.85. The minimum absolute atomic E-state index is 0.0403. The number of nitrogens with zero attached hydrogens (tertiary/aromatic N) is 3. The third kappa shape index (κ3) is 3.56. The number of thiophene rings is 1. The highest BCUT2D eigenvalue weighted by Gasteiger charge is 2.31. The zero-order chi connectivity index (χ0) is 16.6. The Hall–Kier alpha value is -1.45. The fourth-order valence-electron chi connectivity index (χ4n) is 2.33. The van der Waals surface area contributed by atoms with Crippen LogP contribution in [0.3, 0.4) is 0 Å². The minimum atomic E-state index is -3.50. The summed E-state index contributed by atoms with van der Waals surface area (Å²) in [5.41, 5.74) is 0.300. The van der Waals surface area contributed by atoms with Crippen LogP contribution in [0.5, 0.6) is 0 Å². The summed E-state index contributed by atoms with van der Waals surface area (Å²) in [5.74, 6) is -0.0795. The van der Waals surface area contributed by atoms with Gasteiger partial charge in [0.05, 0.1) is 21.7 Å². The van der Waals surface area contributed by atoms with Crippen LogP contribution in [0.1, 0.15) is 4.88 Å². The Labute approximate surface area is 147 Å². The quantitative estimate of drug-likeness (QED) is 0.756. The third-order valence-corrected chi connectivity index (χ3v) is 6.21. The second-order valence-corrected chi connectivity index (χ2v) is 9.49. The lowest BCUT2D eigenvalue weighted by Gasteiger charge is -2.30. The van der Waals surface area contributed by atoms with Crippen LogP contribution < -0.4 is 0 Å². The maximum atomic E-state index is 12.7. The largest absolute Gasteiger partial charge is 0.336 e. The molecule has 0 bridgehead atoms. The summed E-state index contributed by atoms with van der Waals surface area (Å²) >= 11 is 4.95. The van der Waals surface area contributed by atoms with E-state index in [4.69, 9.17) is 0 Å². The number of allylic oxidation sites excluding steroid dienone is 2. The van der Waals surface area contributed by atoms with Crippen molar-refractivity contribution in [2.45, 2.75) is 6.54 Å². The van der Waals surface area contributed by atoms with E-state index in [0.717, 1.165) is 8.66 Å². The SMILES string of the molecule is CN(Cc1ccc(Br)s1)C(=O)C1=CC=CN2CCS(=O)(=O)N=C12. The van der Waals surface area contributed by atoms with E-state index in [-0.39, 0.29) is 17.5 Å². The maximum absolute atomic E-state index is 12.7. The smallest absolute Gasteiger partial charge is 0.257 e. The molecule has 0 N–H and O–H groups in total. The van der Waals surface area contributed by atoms with Crippen LogP contribution in [0.4, 0.5) is 0 Å². The summed E-state index contributed by atoms with van der Waals surface area (Å²) in [4.78, 5) is 17.0. The van der Waals surface area contributed by atoms with Gasteiger partial charge >= 0.3 is 0 Å². The molecule has 6 nitrogen and oxygen atoms in total. The Morgan fingerprint density at radius 2 is 2.26 bits per heavy atom. The zero-order valence-corrected chi connectivity index (χ0v) is 15.5. The second-order valence-electron chi connectivity index (χ2n) is 5.18. The van der Waals surface area contributed by atoms with Crippen molar-refractivity contribution in [1.29, 1.82) is 0 Å². The molecule has 2 aliphatic heterocycles. The molecule has 23 heavy (non-hydrogen) atoms. The van der Waals surface area contributed by atoms with Gasteiger partial charge in [-0.1, -0.05) is 0 Å². The number of fused-ring (bicyclic) bond motifs is 1. The Morgan fingerprint density at radius 1 is 1.48 bits per heavy atom. The van der Waals surface area contributed by atoms with Crippen molar-refractivity contribution in [3.63, 3.8) is 0 Å². The van der Waals surface area contributed by atoms with Gasteiger partial charge in [-0.05, 0) is 40.2 Å². The monoisotopic (exact) mass is 415 g/mol. The van der Waals surface area contributed by atoms with Crippen LogP contribution in [0.25, 0.3) is 0 Å². The second kappa shape index (κ2) is 6.21. The highest BCUT2D eigenvalue weighted by molar-refractivity contribution is 9.11. The molecule has 0 aliphatic carbocycles. The number of hydrogen-bond donors (Lipinski definition) is 0. The highest BCUT2D eigenvalue weighted by atomic mass is 79.9. The summed E-state index contributed by atoms with van der Waals surface area (Å²) < 4.78 is 28.3. The number of carbonyl (C=O) groups is 1. The number of rotatable bonds is 3. The summed E-state index contributed by atoms with van der Waals surface area (Å²) in [6, 6.07) is 3.88. The Balaban J connectivity index is 1.84. The van der Waals surface area contributed by atoms with Gasteiger partial charge in [0.25, 0.3) is 15.9 Å². The average Bonchev–Trinajstić information content (AvgIpc) is 2.90. The van der Waals surface area contributed by atoms with Gasteiger partial charge in [0.15, 0.2) is 5.84 Å². The maximum Gasteiger partial charge on any atom is 0.257 e. The Kier molecular flexibility index (Phi) is 4.43. The van der Waals surface area contributed by atoms with Crippen LogP contribution in [0.2, 0.25) is 0 Å². The van der Waals surface area contributed by atoms with Crippen LogP contribution in [0.15, 0.2) is 44.2 Å². The molecule has 1 amide bonds. The van der Waals surface area contributed by atoms with E-state index < -0.39 is 10.0 Å². The molecule has 0 fully saturated rings. The van der Waals surface area contributed by atoms with Crippen molar-refractivity contribution in [2.75, 3.05) is 19.3 Å². The van der Waals surface area contributed by atoms with E-state index in [0.29, 0.717) is 18.7 Å². The molecular formula is C14H14BrN3O3S2. The van der Waals surface area contributed by atoms with Crippen molar-refractivity contribution in [3.05, 3.63) is 44.7 Å². The number of sulfonamides is 1. The third-order valence-electron chi connectivity index (χ3n) is 3.46. The molecule has 0 spiro atoms. The molecule has 122 valence electrons. The topological polar surface area (TPSA) is 70.1 Å². The lowest BCUT2D eigenvalue weighted by atomic mass is 10.1. The Bertz CT molecular complexity index is 839. The van der Waals surface area contributed by atoms with Gasteiger partial charge in [-0.25, -0.2) is 8.42 Å². The summed E-state index contributed by atoms with van der Waals surface area (Å²) in [5, 5.41) is 0. The van der Waals surface area contributed by atoms with Gasteiger partial charge in [-0.15, -0.1) is 15.7 Å². The van der Waals surface area contributed by atoms with E-state index in [1.54, 1.807) is 46.5 Å². The van der Waals surface area contributed by atoms with E-state index in [9.17, 15) is 13.2 Å². The van der Waals surface area contributed by atoms with Crippen molar-refractivity contribution < 1.29 is 13.2 Å². The minimum Gasteiger partial charge on any atom is -0.336 e. The first-order valence-electron chi connectivity index (χ1n) is 6.83. The molecule has 3 rings (SSSR count). The van der Waals surface area contributed by atoms with E-state index in [2.05, 4.69) is 20.3 Å². The molecule has 1 aromatic heterocycles. The van der Waals surface area contributed by atoms with Gasteiger partial charge in [0.1, 0.15) is 0 Å². The predicted octanol–water partition coefficient (Wildman–Crippen LogP) is 1.97. The highest BCUT2D eigenvalue weighted by Crippen LogP contribution is 2.24. The standard InChI is InChI=1S/C14H14BrN3O3S2/c1-17(9-10-4-5-12(15)22-10)14(19)11-3-2-6-18-7-8-23(20,21)16-13(11)18/h2-6H,7-9H2,1H3. The molecule has 0 aromatic carbocycles. The van der Waals surface area contributed by atoms with E-state index in [1.807, 2.05) is 12.1 Å². The van der Waals surface area contributed by atoms with E-state index >= 15 is 0 Å². The molecule has 0 saturated carbocycles. The van der Waals surface area contributed by atoms with Crippen LogP contribution in [-0.2, 0) is 21.4 Å². The number of halogens is 1. The molecule has 1 aromatic rings. The number of amides is 1.